The molecule has 0 saturated carbocycles. The Kier molecular flexibility index (Phi) is 4.84. The van der Waals surface area contributed by atoms with Crippen molar-refractivity contribution in [1.82, 2.24) is 4.72 Å². The normalized spacial score (nSPS) is 11.8. The number of sulfonamides is 1. The molecule has 4 nitrogen and oxygen atoms in total. The van der Waals surface area contributed by atoms with Gasteiger partial charge in [0.2, 0.25) is 10.0 Å². The fraction of sp³-hybridized carbons (Fsp3) is 0.600. The second-order valence-electron chi connectivity index (χ2n) is 3.43. The molecule has 1 aromatic heterocycles. The van der Waals surface area contributed by atoms with Crippen molar-refractivity contribution in [2.75, 3.05) is 5.75 Å². The predicted octanol–water partition coefficient (Wildman–Crippen LogP) is 1.89. The van der Waals surface area contributed by atoms with E-state index in [0.29, 0.717) is 12.2 Å². The van der Waals surface area contributed by atoms with Crippen molar-refractivity contribution >= 4 is 10.0 Å². The van der Waals surface area contributed by atoms with E-state index in [-0.39, 0.29) is 12.3 Å². The Balaban J connectivity index is 2.30. The van der Waals surface area contributed by atoms with E-state index in [1.54, 1.807) is 12.1 Å². The Morgan fingerprint density at radius 3 is 2.80 bits per heavy atom. The van der Waals surface area contributed by atoms with E-state index in [2.05, 4.69) is 4.72 Å². The van der Waals surface area contributed by atoms with Gasteiger partial charge in [-0.15, -0.1) is 0 Å². The first-order valence-corrected chi connectivity index (χ1v) is 6.79. The van der Waals surface area contributed by atoms with Crippen molar-refractivity contribution in [2.24, 2.45) is 0 Å². The summed E-state index contributed by atoms with van der Waals surface area (Å²) >= 11 is 0. The van der Waals surface area contributed by atoms with Crippen LogP contribution in [0.1, 0.15) is 31.9 Å². The molecule has 0 bridgehead atoms. The zero-order valence-electron chi connectivity index (χ0n) is 8.90. The zero-order valence-corrected chi connectivity index (χ0v) is 9.72. The van der Waals surface area contributed by atoms with Crippen LogP contribution in [0.25, 0.3) is 0 Å². The smallest absolute Gasteiger partial charge is 0.212 e. The molecule has 15 heavy (non-hydrogen) atoms. The fourth-order valence-electron chi connectivity index (χ4n) is 1.21. The lowest BCUT2D eigenvalue weighted by Gasteiger charge is -2.04. The minimum absolute atomic E-state index is 0.196. The maximum Gasteiger partial charge on any atom is 0.212 e. The molecule has 0 aliphatic rings. The Morgan fingerprint density at radius 2 is 2.20 bits per heavy atom. The fourth-order valence-corrected chi connectivity index (χ4v) is 2.30. The van der Waals surface area contributed by atoms with Crippen LogP contribution in [0.3, 0.4) is 0 Å². The van der Waals surface area contributed by atoms with Crippen LogP contribution in [-0.4, -0.2) is 14.2 Å². The van der Waals surface area contributed by atoms with Gasteiger partial charge in [-0.1, -0.05) is 19.8 Å². The van der Waals surface area contributed by atoms with Crippen molar-refractivity contribution in [3.8, 4) is 0 Å². The average molecular weight is 231 g/mol. The highest BCUT2D eigenvalue weighted by atomic mass is 32.2. The van der Waals surface area contributed by atoms with Gasteiger partial charge in [-0.25, -0.2) is 13.1 Å². The number of rotatable bonds is 7. The quantitative estimate of drug-likeness (QED) is 0.729. The minimum Gasteiger partial charge on any atom is -0.468 e. The van der Waals surface area contributed by atoms with Gasteiger partial charge in [-0.05, 0) is 18.6 Å². The van der Waals surface area contributed by atoms with Crippen LogP contribution in [0, 0.1) is 0 Å². The van der Waals surface area contributed by atoms with Gasteiger partial charge in [-0.2, -0.15) is 0 Å². The van der Waals surface area contributed by atoms with Crippen molar-refractivity contribution in [1.29, 1.82) is 0 Å². The first kappa shape index (κ1) is 12.3. The number of hydrogen-bond acceptors (Lipinski definition) is 3. The molecule has 5 heteroatoms. The summed E-state index contributed by atoms with van der Waals surface area (Å²) in [5, 5.41) is 0. The monoisotopic (exact) mass is 231 g/mol. The highest BCUT2D eigenvalue weighted by molar-refractivity contribution is 7.89. The average Bonchev–Trinajstić information content (AvgIpc) is 2.68. The van der Waals surface area contributed by atoms with Gasteiger partial charge >= 0.3 is 0 Å². The molecule has 0 aliphatic heterocycles. The number of furan rings is 1. The first-order chi connectivity index (χ1) is 7.14. The summed E-state index contributed by atoms with van der Waals surface area (Å²) in [5.41, 5.74) is 0. The van der Waals surface area contributed by atoms with Crippen LogP contribution < -0.4 is 4.72 Å². The van der Waals surface area contributed by atoms with Crippen LogP contribution in [-0.2, 0) is 16.6 Å². The molecule has 0 aliphatic carbocycles. The molecule has 1 heterocycles. The summed E-state index contributed by atoms with van der Waals surface area (Å²) in [6.45, 7) is 2.28. The SMILES string of the molecule is CCCCCS(=O)(=O)NCc1ccco1. The third kappa shape index (κ3) is 4.99. The maximum atomic E-state index is 11.4. The molecule has 0 amide bonds. The van der Waals surface area contributed by atoms with Gasteiger partial charge in [0.1, 0.15) is 5.76 Å². The third-order valence-corrected chi connectivity index (χ3v) is 3.47. The molecule has 0 unspecified atom stereocenters. The van der Waals surface area contributed by atoms with Gasteiger partial charge in [-0.3, -0.25) is 0 Å². The van der Waals surface area contributed by atoms with Gasteiger partial charge < -0.3 is 4.42 Å². The first-order valence-electron chi connectivity index (χ1n) is 5.14. The van der Waals surface area contributed by atoms with E-state index in [0.717, 1.165) is 12.8 Å². The third-order valence-electron chi connectivity index (χ3n) is 2.06. The lowest BCUT2D eigenvalue weighted by molar-refractivity contribution is 0.498. The van der Waals surface area contributed by atoms with Crippen LogP contribution >= 0.6 is 0 Å². The summed E-state index contributed by atoms with van der Waals surface area (Å²) in [6, 6.07) is 3.48. The van der Waals surface area contributed by atoms with E-state index < -0.39 is 10.0 Å². The summed E-state index contributed by atoms with van der Waals surface area (Å²) in [6.07, 6.45) is 4.21. The van der Waals surface area contributed by atoms with Gasteiger partial charge in [0.05, 0.1) is 18.6 Å². The van der Waals surface area contributed by atoms with E-state index in [1.807, 2.05) is 6.92 Å². The minimum atomic E-state index is -3.14. The molecular weight excluding hydrogens is 214 g/mol. The van der Waals surface area contributed by atoms with E-state index in [4.69, 9.17) is 4.42 Å². The number of unbranched alkanes of at least 4 members (excludes halogenated alkanes) is 2. The number of hydrogen-bond donors (Lipinski definition) is 1. The van der Waals surface area contributed by atoms with Gasteiger partial charge in [0.15, 0.2) is 0 Å². The molecule has 0 saturated heterocycles. The highest BCUT2D eigenvalue weighted by Crippen LogP contribution is 2.02. The highest BCUT2D eigenvalue weighted by Gasteiger charge is 2.09. The second-order valence-corrected chi connectivity index (χ2v) is 5.35. The maximum absolute atomic E-state index is 11.4. The van der Waals surface area contributed by atoms with Crippen LogP contribution in [0.15, 0.2) is 22.8 Å². The molecule has 0 fully saturated rings. The van der Waals surface area contributed by atoms with Crippen LogP contribution in [0.5, 0.6) is 0 Å². The van der Waals surface area contributed by atoms with Gasteiger partial charge in [0.25, 0.3) is 0 Å². The molecule has 0 spiro atoms. The topological polar surface area (TPSA) is 59.3 Å². The molecule has 1 rings (SSSR count). The van der Waals surface area contributed by atoms with Crippen LogP contribution in [0.2, 0.25) is 0 Å². The molecule has 0 radical (unpaired) electrons. The van der Waals surface area contributed by atoms with Crippen molar-refractivity contribution in [2.45, 2.75) is 32.7 Å². The van der Waals surface area contributed by atoms with E-state index >= 15 is 0 Å². The van der Waals surface area contributed by atoms with E-state index in [9.17, 15) is 8.42 Å². The molecule has 1 aromatic rings. The van der Waals surface area contributed by atoms with E-state index in [1.165, 1.54) is 6.26 Å². The van der Waals surface area contributed by atoms with Crippen molar-refractivity contribution < 1.29 is 12.8 Å². The molecule has 0 aromatic carbocycles. The lowest BCUT2D eigenvalue weighted by Crippen LogP contribution is -2.25. The largest absolute Gasteiger partial charge is 0.468 e. The Hall–Kier alpha value is -0.810. The predicted molar refractivity (Wildman–Crippen MR) is 58.9 cm³/mol. The standard InChI is InChI=1S/C10H17NO3S/c1-2-3-4-8-15(12,13)11-9-10-6-5-7-14-10/h5-7,11H,2-4,8-9H2,1H3. The summed E-state index contributed by atoms with van der Waals surface area (Å²) in [7, 11) is -3.14. The van der Waals surface area contributed by atoms with Gasteiger partial charge in [0, 0.05) is 0 Å². The second kappa shape index (κ2) is 5.92. The molecule has 86 valence electrons. The van der Waals surface area contributed by atoms with Crippen molar-refractivity contribution in [3.05, 3.63) is 24.2 Å². The lowest BCUT2D eigenvalue weighted by atomic mass is 10.3. The molecule has 0 atom stereocenters. The molecule has 1 N–H and O–H groups in total. The molecular formula is C10H17NO3S. The summed E-state index contributed by atoms with van der Waals surface area (Å²) in [5.74, 6) is 0.829. The zero-order chi connectivity index (χ0) is 11.1. The Bertz CT molecular complexity index is 356. The van der Waals surface area contributed by atoms with Crippen LogP contribution in [0.4, 0.5) is 0 Å². The number of nitrogens with one attached hydrogen (secondary N) is 1. The Morgan fingerprint density at radius 1 is 1.40 bits per heavy atom. The summed E-state index contributed by atoms with van der Waals surface area (Å²) in [4.78, 5) is 0. The van der Waals surface area contributed by atoms with Crippen molar-refractivity contribution in [3.63, 3.8) is 0 Å². The summed E-state index contributed by atoms with van der Waals surface area (Å²) < 4.78 is 30.4. The Labute approximate surface area is 90.7 Å².